The Hall–Kier alpha value is -4.39. The average molecular weight is 452 g/mol. The summed E-state index contributed by atoms with van der Waals surface area (Å²) in [5.41, 5.74) is 3.89. The summed E-state index contributed by atoms with van der Waals surface area (Å²) >= 11 is 0. The SMILES string of the molecule is Cc1c(Oc2ccnc3cc(-n4cc(F)cn4)ccc23)cccc1C(=O)CCc1ccncc1. The van der Waals surface area contributed by atoms with Crippen LogP contribution in [0.3, 0.4) is 0 Å². The molecule has 0 radical (unpaired) electrons. The van der Waals surface area contributed by atoms with E-state index in [9.17, 15) is 9.18 Å². The Labute approximate surface area is 195 Å². The molecule has 0 aliphatic carbocycles. The van der Waals surface area contributed by atoms with Gasteiger partial charge in [-0.15, -0.1) is 0 Å². The highest BCUT2D eigenvalue weighted by atomic mass is 19.1. The molecule has 3 aromatic heterocycles. The van der Waals surface area contributed by atoms with Crippen molar-refractivity contribution in [2.24, 2.45) is 0 Å². The number of carbonyl (C=O) groups is 1. The Bertz CT molecular complexity index is 1480. The van der Waals surface area contributed by atoms with Crippen molar-refractivity contribution < 1.29 is 13.9 Å². The van der Waals surface area contributed by atoms with E-state index in [0.29, 0.717) is 41.1 Å². The van der Waals surface area contributed by atoms with Crippen LogP contribution in [0, 0.1) is 12.7 Å². The predicted molar refractivity (Wildman–Crippen MR) is 127 cm³/mol. The molecule has 0 amide bonds. The Kier molecular flexibility index (Phi) is 5.82. The van der Waals surface area contributed by atoms with Gasteiger partial charge in [0, 0.05) is 41.5 Å². The Morgan fingerprint density at radius 2 is 1.88 bits per heavy atom. The number of benzene rings is 2. The van der Waals surface area contributed by atoms with Crippen LogP contribution < -0.4 is 4.74 Å². The van der Waals surface area contributed by atoms with Crippen LogP contribution in [0.5, 0.6) is 11.5 Å². The van der Waals surface area contributed by atoms with Crippen molar-refractivity contribution in [1.82, 2.24) is 19.7 Å². The molecule has 0 saturated heterocycles. The topological polar surface area (TPSA) is 69.9 Å². The molecule has 0 fully saturated rings. The van der Waals surface area contributed by atoms with Gasteiger partial charge in [0.2, 0.25) is 0 Å². The molecule has 0 atom stereocenters. The molecule has 0 unspecified atom stereocenters. The van der Waals surface area contributed by atoms with E-state index < -0.39 is 5.82 Å². The summed E-state index contributed by atoms with van der Waals surface area (Å²) in [5, 5.41) is 4.80. The van der Waals surface area contributed by atoms with Gasteiger partial charge in [0.1, 0.15) is 11.5 Å². The van der Waals surface area contributed by atoms with Gasteiger partial charge in [-0.05, 0) is 61.4 Å². The first-order valence-corrected chi connectivity index (χ1v) is 10.9. The van der Waals surface area contributed by atoms with Crippen LogP contribution in [0.2, 0.25) is 0 Å². The summed E-state index contributed by atoms with van der Waals surface area (Å²) in [6, 6.07) is 16.6. The van der Waals surface area contributed by atoms with E-state index in [1.807, 2.05) is 55.5 Å². The van der Waals surface area contributed by atoms with Gasteiger partial charge in [-0.25, -0.2) is 9.07 Å². The summed E-state index contributed by atoms with van der Waals surface area (Å²) in [6.07, 6.45) is 8.65. The Balaban J connectivity index is 1.39. The molecule has 0 bridgehead atoms. The van der Waals surface area contributed by atoms with E-state index in [1.54, 1.807) is 24.7 Å². The zero-order chi connectivity index (χ0) is 23.5. The maximum absolute atomic E-state index is 13.3. The lowest BCUT2D eigenvalue weighted by Crippen LogP contribution is -2.05. The molecule has 3 heterocycles. The second-order valence-electron chi connectivity index (χ2n) is 7.92. The molecule has 0 aliphatic rings. The first-order chi connectivity index (χ1) is 16.6. The number of hydrogen-bond acceptors (Lipinski definition) is 5. The number of pyridine rings is 2. The van der Waals surface area contributed by atoms with Gasteiger partial charge >= 0.3 is 0 Å². The molecule has 5 aromatic rings. The number of carbonyl (C=O) groups excluding carboxylic acids is 1. The van der Waals surface area contributed by atoms with Crippen LogP contribution in [0.1, 0.15) is 27.9 Å². The number of Topliss-reactive ketones (excluding diaryl/α,β-unsaturated/α-hetero) is 1. The minimum Gasteiger partial charge on any atom is -0.456 e. The minimum atomic E-state index is -0.407. The van der Waals surface area contributed by atoms with Crippen molar-refractivity contribution in [3.05, 3.63) is 108 Å². The second kappa shape index (κ2) is 9.23. The monoisotopic (exact) mass is 452 g/mol. The molecule has 0 saturated carbocycles. The lowest BCUT2D eigenvalue weighted by Gasteiger charge is -2.14. The largest absolute Gasteiger partial charge is 0.456 e. The zero-order valence-corrected chi connectivity index (χ0v) is 18.5. The smallest absolute Gasteiger partial charge is 0.163 e. The molecular weight excluding hydrogens is 431 g/mol. The predicted octanol–water partition coefficient (Wildman–Crippen LogP) is 5.87. The minimum absolute atomic E-state index is 0.0652. The number of fused-ring (bicyclic) bond motifs is 1. The molecule has 0 N–H and O–H groups in total. The van der Waals surface area contributed by atoms with Gasteiger partial charge in [-0.1, -0.05) is 12.1 Å². The summed E-state index contributed by atoms with van der Waals surface area (Å²) in [6.45, 7) is 1.89. The first-order valence-electron chi connectivity index (χ1n) is 10.9. The van der Waals surface area contributed by atoms with Crippen LogP contribution in [-0.2, 0) is 6.42 Å². The molecule has 7 heteroatoms. The van der Waals surface area contributed by atoms with Crippen LogP contribution in [-0.4, -0.2) is 25.5 Å². The maximum Gasteiger partial charge on any atom is 0.163 e. The molecule has 0 aliphatic heterocycles. The number of nitrogens with zero attached hydrogens (tertiary/aromatic N) is 4. The van der Waals surface area contributed by atoms with E-state index in [0.717, 1.165) is 22.7 Å². The van der Waals surface area contributed by atoms with Gasteiger partial charge in [0.15, 0.2) is 11.6 Å². The lowest BCUT2D eigenvalue weighted by molar-refractivity contribution is 0.0982. The fourth-order valence-corrected chi connectivity index (χ4v) is 3.87. The number of ketones is 1. The average Bonchev–Trinajstić information content (AvgIpc) is 3.30. The van der Waals surface area contributed by atoms with Crippen molar-refractivity contribution in [1.29, 1.82) is 0 Å². The fourth-order valence-electron chi connectivity index (χ4n) is 3.87. The second-order valence-corrected chi connectivity index (χ2v) is 7.92. The first kappa shape index (κ1) is 21.5. The van der Waals surface area contributed by atoms with E-state index >= 15 is 0 Å². The molecule has 34 heavy (non-hydrogen) atoms. The third kappa shape index (κ3) is 4.41. The van der Waals surface area contributed by atoms with Gasteiger partial charge in [0.05, 0.1) is 23.6 Å². The maximum atomic E-state index is 13.3. The summed E-state index contributed by atoms with van der Waals surface area (Å²) in [5.74, 6) is 0.888. The van der Waals surface area contributed by atoms with E-state index in [-0.39, 0.29) is 5.78 Å². The standard InChI is InChI=1S/C27H21FN4O2/c1-18-22(25(33)8-5-19-9-12-29-13-10-19)3-2-4-26(18)34-27-11-14-30-24-15-21(6-7-23(24)27)32-17-20(28)16-31-32/h2-4,6-7,9-17H,5,8H2,1H3. The Morgan fingerprint density at radius 3 is 2.68 bits per heavy atom. The summed E-state index contributed by atoms with van der Waals surface area (Å²) in [7, 11) is 0. The molecule has 2 aromatic carbocycles. The van der Waals surface area contributed by atoms with Gasteiger partial charge in [0.25, 0.3) is 0 Å². The van der Waals surface area contributed by atoms with Crippen LogP contribution in [0.15, 0.2) is 85.6 Å². The fraction of sp³-hybridized carbons (Fsp3) is 0.111. The number of halogens is 1. The third-order valence-corrected chi connectivity index (χ3v) is 5.70. The molecular formula is C27H21FN4O2. The highest BCUT2D eigenvalue weighted by molar-refractivity contribution is 5.98. The lowest BCUT2D eigenvalue weighted by atomic mass is 9.99. The molecule has 6 nitrogen and oxygen atoms in total. The summed E-state index contributed by atoms with van der Waals surface area (Å²) < 4.78 is 21.0. The molecule has 168 valence electrons. The van der Waals surface area contributed by atoms with Crippen molar-refractivity contribution in [3.8, 4) is 17.2 Å². The highest BCUT2D eigenvalue weighted by Crippen LogP contribution is 2.33. The molecule has 0 spiro atoms. The highest BCUT2D eigenvalue weighted by Gasteiger charge is 2.15. The summed E-state index contributed by atoms with van der Waals surface area (Å²) in [4.78, 5) is 21.4. The number of hydrogen-bond donors (Lipinski definition) is 0. The van der Waals surface area contributed by atoms with Crippen LogP contribution in [0.25, 0.3) is 16.6 Å². The number of ether oxygens (including phenoxy) is 1. The van der Waals surface area contributed by atoms with Crippen molar-refractivity contribution in [3.63, 3.8) is 0 Å². The molecule has 5 rings (SSSR count). The van der Waals surface area contributed by atoms with Crippen molar-refractivity contribution in [2.75, 3.05) is 0 Å². The Morgan fingerprint density at radius 1 is 1.03 bits per heavy atom. The van der Waals surface area contributed by atoms with Gasteiger partial charge in [-0.3, -0.25) is 14.8 Å². The van der Waals surface area contributed by atoms with Gasteiger partial charge in [-0.2, -0.15) is 5.10 Å². The number of aryl methyl sites for hydroxylation is 1. The zero-order valence-electron chi connectivity index (χ0n) is 18.5. The normalized spacial score (nSPS) is 11.0. The number of aromatic nitrogens is 4. The quantitative estimate of drug-likeness (QED) is 0.289. The van der Waals surface area contributed by atoms with Gasteiger partial charge < -0.3 is 4.74 Å². The van der Waals surface area contributed by atoms with Crippen LogP contribution >= 0.6 is 0 Å². The van der Waals surface area contributed by atoms with Crippen molar-refractivity contribution >= 4 is 16.7 Å². The van der Waals surface area contributed by atoms with Crippen molar-refractivity contribution in [2.45, 2.75) is 19.8 Å². The van der Waals surface area contributed by atoms with E-state index in [1.165, 1.54) is 10.9 Å². The third-order valence-electron chi connectivity index (χ3n) is 5.70. The van der Waals surface area contributed by atoms with Crippen LogP contribution in [0.4, 0.5) is 4.39 Å². The van der Waals surface area contributed by atoms with E-state index in [4.69, 9.17) is 4.74 Å². The van der Waals surface area contributed by atoms with E-state index in [2.05, 4.69) is 15.1 Å². The number of rotatable bonds is 7.